The van der Waals surface area contributed by atoms with Gasteiger partial charge in [-0.2, -0.15) is 5.10 Å². The van der Waals surface area contributed by atoms with Crippen molar-refractivity contribution >= 4 is 10.9 Å². The van der Waals surface area contributed by atoms with Gasteiger partial charge in [0.2, 0.25) is 0 Å². The van der Waals surface area contributed by atoms with E-state index in [1.54, 1.807) is 6.07 Å². The number of rotatable bonds is 7. The lowest BCUT2D eigenvalue weighted by atomic mass is 9.94. The van der Waals surface area contributed by atoms with Crippen molar-refractivity contribution in [3.05, 3.63) is 78.1 Å². The fourth-order valence-corrected chi connectivity index (χ4v) is 4.05. The maximum absolute atomic E-state index is 15.2. The van der Waals surface area contributed by atoms with Crippen molar-refractivity contribution in [3.63, 3.8) is 0 Å². The first kappa shape index (κ1) is 19.4. The Kier molecular flexibility index (Phi) is 5.75. The average Bonchev–Trinajstić information content (AvgIpc) is 3.08. The molecule has 0 N–H and O–H groups in total. The highest BCUT2D eigenvalue weighted by atomic mass is 19.1. The summed E-state index contributed by atoms with van der Waals surface area (Å²) in [5.41, 5.74) is 5.59. The van der Waals surface area contributed by atoms with E-state index in [-0.39, 0.29) is 5.82 Å². The largest absolute Gasteiger partial charge is 0.267 e. The molecule has 0 saturated heterocycles. The van der Waals surface area contributed by atoms with Crippen molar-refractivity contribution in [2.45, 2.75) is 39.0 Å². The zero-order valence-electron chi connectivity index (χ0n) is 17.2. The van der Waals surface area contributed by atoms with Crippen LogP contribution in [0, 0.1) is 5.82 Å². The molecule has 0 atom stereocenters. The molecule has 0 spiro atoms. The predicted molar refractivity (Wildman–Crippen MR) is 119 cm³/mol. The number of para-hydroxylation sites is 1. The van der Waals surface area contributed by atoms with Crippen molar-refractivity contribution in [1.29, 1.82) is 0 Å². The van der Waals surface area contributed by atoms with Crippen LogP contribution in [0.25, 0.3) is 33.3 Å². The summed E-state index contributed by atoms with van der Waals surface area (Å²) >= 11 is 0. The van der Waals surface area contributed by atoms with Gasteiger partial charge in [-0.1, -0.05) is 74.7 Å². The van der Waals surface area contributed by atoms with Crippen LogP contribution >= 0.6 is 0 Å². The second kappa shape index (κ2) is 8.60. The van der Waals surface area contributed by atoms with Gasteiger partial charge in [-0.25, -0.2) is 4.39 Å². The Morgan fingerprint density at radius 2 is 1.66 bits per heavy atom. The molecule has 0 bridgehead atoms. The van der Waals surface area contributed by atoms with E-state index in [4.69, 9.17) is 0 Å². The number of hydrogen-bond acceptors (Lipinski definition) is 1. The number of hydrogen-bond donors (Lipinski definition) is 0. The van der Waals surface area contributed by atoms with E-state index in [1.807, 2.05) is 54.2 Å². The van der Waals surface area contributed by atoms with Crippen LogP contribution in [0.15, 0.2) is 66.7 Å². The van der Waals surface area contributed by atoms with E-state index in [9.17, 15) is 0 Å². The van der Waals surface area contributed by atoms with Crippen molar-refractivity contribution in [3.8, 4) is 22.4 Å². The highest BCUT2D eigenvalue weighted by molar-refractivity contribution is 5.93. The number of aromatic nitrogens is 2. The van der Waals surface area contributed by atoms with Crippen LogP contribution in [0.2, 0.25) is 0 Å². The zero-order chi connectivity index (χ0) is 20.2. The second-order valence-electron chi connectivity index (χ2n) is 7.65. The number of halogens is 1. The highest BCUT2D eigenvalue weighted by Gasteiger charge is 2.15. The van der Waals surface area contributed by atoms with Crippen LogP contribution in [-0.2, 0) is 13.5 Å². The summed E-state index contributed by atoms with van der Waals surface area (Å²) < 4.78 is 17.0. The summed E-state index contributed by atoms with van der Waals surface area (Å²) in [6, 6.07) is 21.9. The van der Waals surface area contributed by atoms with E-state index in [2.05, 4.69) is 30.2 Å². The monoisotopic (exact) mass is 386 g/mol. The van der Waals surface area contributed by atoms with E-state index < -0.39 is 0 Å². The summed E-state index contributed by atoms with van der Waals surface area (Å²) in [4.78, 5) is 0. The molecule has 1 aromatic heterocycles. The summed E-state index contributed by atoms with van der Waals surface area (Å²) in [5, 5.41) is 5.55. The van der Waals surface area contributed by atoms with Crippen LogP contribution in [-0.4, -0.2) is 9.78 Å². The molecule has 0 aliphatic heterocycles. The number of fused-ring (bicyclic) bond motifs is 1. The Bertz CT molecular complexity index is 1130. The van der Waals surface area contributed by atoms with E-state index >= 15 is 4.39 Å². The quantitative estimate of drug-likeness (QED) is 0.308. The summed E-state index contributed by atoms with van der Waals surface area (Å²) in [5.74, 6) is -0.230. The van der Waals surface area contributed by atoms with Gasteiger partial charge in [0.15, 0.2) is 0 Å². The topological polar surface area (TPSA) is 17.8 Å². The van der Waals surface area contributed by atoms with Gasteiger partial charge in [0.05, 0.1) is 5.52 Å². The van der Waals surface area contributed by atoms with Gasteiger partial charge in [0, 0.05) is 18.0 Å². The first-order valence-corrected chi connectivity index (χ1v) is 10.5. The first-order valence-electron chi connectivity index (χ1n) is 10.5. The minimum absolute atomic E-state index is 0.230. The molecule has 0 fully saturated rings. The number of benzene rings is 3. The summed E-state index contributed by atoms with van der Waals surface area (Å²) in [6.07, 6.45) is 5.95. The zero-order valence-corrected chi connectivity index (χ0v) is 17.2. The molecule has 29 heavy (non-hydrogen) atoms. The molecule has 3 aromatic carbocycles. The molecule has 4 aromatic rings. The minimum atomic E-state index is -0.230. The molecule has 0 aliphatic rings. The molecule has 148 valence electrons. The molecule has 2 nitrogen and oxygen atoms in total. The lowest BCUT2D eigenvalue weighted by Crippen LogP contribution is -1.94. The molecule has 0 saturated carbocycles. The lowest BCUT2D eigenvalue weighted by Gasteiger charge is -2.11. The third-order valence-electron chi connectivity index (χ3n) is 5.61. The predicted octanol–water partition coefficient (Wildman–Crippen LogP) is 7.17. The Balaban J connectivity index is 1.68. The third kappa shape index (κ3) is 3.95. The van der Waals surface area contributed by atoms with Gasteiger partial charge in [-0.3, -0.25) is 4.68 Å². The van der Waals surface area contributed by atoms with E-state index in [0.717, 1.165) is 28.5 Å². The van der Waals surface area contributed by atoms with Gasteiger partial charge in [-0.15, -0.1) is 0 Å². The Hall–Kier alpha value is -2.94. The molecule has 0 unspecified atom stereocenters. The fraction of sp³-hybridized carbons (Fsp3) is 0.269. The van der Waals surface area contributed by atoms with Crippen molar-refractivity contribution in [2.75, 3.05) is 0 Å². The standard InChI is InChI=1S/C26H27FN2/c1-3-4-5-6-11-19-12-7-8-13-21(19)20-16-17-22(24(27)18-20)26-23-14-9-10-15-25(23)29(2)28-26/h7-10,12-18H,3-6,11H2,1-2H3. The fourth-order valence-electron chi connectivity index (χ4n) is 4.05. The molecule has 0 amide bonds. The van der Waals surface area contributed by atoms with Gasteiger partial charge >= 0.3 is 0 Å². The van der Waals surface area contributed by atoms with Crippen molar-refractivity contribution in [2.24, 2.45) is 7.05 Å². The maximum Gasteiger partial charge on any atom is 0.133 e. The van der Waals surface area contributed by atoms with Gasteiger partial charge in [0.1, 0.15) is 11.5 Å². The van der Waals surface area contributed by atoms with Gasteiger partial charge in [-0.05, 0) is 47.7 Å². The molecule has 4 rings (SSSR count). The SMILES string of the molecule is CCCCCCc1ccccc1-c1ccc(-c2nn(C)c3ccccc23)c(F)c1. The third-order valence-corrected chi connectivity index (χ3v) is 5.61. The van der Waals surface area contributed by atoms with Crippen LogP contribution in [0.3, 0.4) is 0 Å². The number of nitrogens with zero attached hydrogens (tertiary/aromatic N) is 2. The number of unbranched alkanes of at least 4 members (excludes halogenated alkanes) is 3. The second-order valence-corrected chi connectivity index (χ2v) is 7.65. The molecule has 1 heterocycles. The number of aryl methyl sites for hydroxylation is 2. The van der Waals surface area contributed by atoms with E-state index in [0.29, 0.717) is 11.3 Å². The minimum Gasteiger partial charge on any atom is -0.267 e. The lowest BCUT2D eigenvalue weighted by molar-refractivity contribution is 0.630. The van der Waals surface area contributed by atoms with Crippen LogP contribution in [0.1, 0.15) is 38.2 Å². The first-order chi connectivity index (χ1) is 14.2. The average molecular weight is 387 g/mol. The Morgan fingerprint density at radius 3 is 2.48 bits per heavy atom. The van der Waals surface area contributed by atoms with Crippen LogP contribution < -0.4 is 0 Å². The molecule has 0 aliphatic carbocycles. The Labute approximate surface area is 172 Å². The normalized spacial score (nSPS) is 11.3. The maximum atomic E-state index is 15.2. The van der Waals surface area contributed by atoms with Crippen LogP contribution in [0.5, 0.6) is 0 Å². The molecular weight excluding hydrogens is 359 g/mol. The highest BCUT2D eigenvalue weighted by Crippen LogP contribution is 2.33. The van der Waals surface area contributed by atoms with Crippen molar-refractivity contribution in [1.82, 2.24) is 9.78 Å². The van der Waals surface area contributed by atoms with Crippen molar-refractivity contribution < 1.29 is 4.39 Å². The molecular formula is C26H27FN2. The molecule has 3 heteroatoms. The van der Waals surface area contributed by atoms with E-state index in [1.165, 1.54) is 31.2 Å². The summed E-state index contributed by atoms with van der Waals surface area (Å²) in [7, 11) is 1.90. The Morgan fingerprint density at radius 1 is 0.862 bits per heavy atom. The smallest absolute Gasteiger partial charge is 0.133 e. The van der Waals surface area contributed by atoms with Gasteiger partial charge < -0.3 is 0 Å². The van der Waals surface area contributed by atoms with Crippen LogP contribution in [0.4, 0.5) is 4.39 Å². The van der Waals surface area contributed by atoms with Gasteiger partial charge in [0.25, 0.3) is 0 Å². The summed E-state index contributed by atoms with van der Waals surface area (Å²) in [6.45, 7) is 2.23. The molecule has 0 radical (unpaired) electrons.